The molecule has 10 nitrogen and oxygen atoms in total. The van der Waals surface area contributed by atoms with Crippen molar-refractivity contribution in [3.63, 3.8) is 0 Å². The number of nitrogens with zero attached hydrogens (tertiary/aromatic N) is 6. The van der Waals surface area contributed by atoms with Gasteiger partial charge in [-0.25, -0.2) is 14.3 Å². The lowest BCUT2D eigenvalue weighted by atomic mass is 10.3. The van der Waals surface area contributed by atoms with Gasteiger partial charge < -0.3 is 4.57 Å². The van der Waals surface area contributed by atoms with E-state index in [1.54, 1.807) is 7.05 Å². The summed E-state index contributed by atoms with van der Waals surface area (Å²) in [5, 5.41) is 11.7. The van der Waals surface area contributed by atoms with Crippen LogP contribution in [0.4, 0.5) is 5.13 Å². The van der Waals surface area contributed by atoms with Crippen LogP contribution in [0.25, 0.3) is 11.2 Å². The number of imidazole rings is 1. The molecule has 3 rings (SSSR count). The van der Waals surface area contributed by atoms with Crippen molar-refractivity contribution < 1.29 is 4.79 Å². The van der Waals surface area contributed by atoms with E-state index >= 15 is 0 Å². The lowest BCUT2D eigenvalue weighted by Gasteiger charge is -2.08. The molecule has 0 unspecified atom stereocenters. The minimum absolute atomic E-state index is 0.262. The molecule has 11 heteroatoms. The third-order valence-corrected chi connectivity index (χ3v) is 4.86. The van der Waals surface area contributed by atoms with E-state index in [9.17, 15) is 14.4 Å². The standard InChI is InChI=1S/C15H19N7O3S/c1-4-5-6-10-18-19-14(26-10)17-9(23)7-22-13(24)11-12(16-8-20(11)2)21(3)15(22)25/h8H,4-7H2,1-3H3,(H,17,19,23). The monoisotopic (exact) mass is 377 g/mol. The van der Waals surface area contributed by atoms with Crippen molar-refractivity contribution in [1.82, 2.24) is 28.9 Å². The van der Waals surface area contributed by atoms with Gasteiger partial charge in [-0.1, -0.05) is 24.7 Å². The van der Waals surface area contributed by atoms with Gasteiger partial charge in [0.15, 0.2) is 11.2 Å². The maximum Gasteiger partial charge on any atom is 0.332 e. The van der Waals surface area contributed by atoms with Crippen molar-refractivity contribution in [1.29, 1.82) is 0 Å². The number of aromatic nitrogens is 6. The number of anilines is 1. The van der Waals surface area contributed by atoms with E-state index in [0.717, 1.165) is 28.8 Å². The van der Waals surface area contributed by atoms with Gasteiger partial charge in [-0.2, -0.15) is 0 Å². The van der Waals surface area contributed by atoms with Crippen LogP contribution in [-0.2, 0) is 31.9 Å². The molecule has 1 N–H and O–H groups in total. The minimum Gasteiger partial charge on any atom is -0.328 e. The Morgan fingerprint density at radius 2 is 2.04 bits per heavy atom. The average molecular weight is 377 g/mol. The molecule has 0 radical (unpaired) electrons. The van der Waals surface area contributed by atoms with Gasteiger partial charge >= 0.3 is 5.69 Å². The number of carbonyl (C=O) groups excluding carboxylic acids is 1. The van der Waals surface area contributed by atoms with Gasteiger partial charge in [0.05, 0.1) is 6.33 Å². The van der Waals surface area contributed by atoms with Crippen molar-refractivity contribution >= 4 is 33.5 Å². The lowest BCUT2D eigenvalue weighted by molar-refractivity contribution is -0.116. The molecule has 0 atom stereocenters. The van der Waals surface area contributed by atoms with Gasteiger partial charge in [-0.05, 0) is 6.42 Å². The summed E-state index contributed by atoms with van der Waals surface area (Å²) in [7, 11) is 3.17. The minimum atomic E-state index is -0.600. The number of amides is 1. The molecule has 0 aromatic carbocycles. The van der Waals surface area contributed by atoms with Crippen LogP contribution in [0, 0.1) is 0 Å². The summed E-state index contributed by atoms with van der Waals surface area (Å²) in [5.41, 5.74) is -0.613. The SMILES string of the molecule is CCCCc1nnc(NC(=O)Cn2c(=O)c3c(ncn3C)n(C)c2=O)s1. The molecular formula is C15H19N7O3S. The molecule has 0 saturated heterocycles. The predicted molar refractivity (Wildman–Crippen MR) is 97.4 cm³/mol. The largest absolute Gasteiger partial charge is 0.332 e. The predicted octanol–water partition coefficient (Wildman–Crippen LogP) is 0.266. The Morgan fingerprint density at radius 1 is 1.27 bits per heavy atom. The molecule has 0 aliphatic heterocycles. The van der Waals surface area contributed by atoms with Crippen LogP contribution in [-0.4, -0.2) is 34.8 Å². The zero-order chi connectivity index (χ0) is 18.8. The van der Waals surface area contributed by atoms with Crippen molar-refractivity contribution in [2.24, 2.45) is 14.1 Å². The first-order chi connectivity index (χ1) is 12.4. The first-order valence-corrected chi connectivity index (χ1v) is 8.97. The topological polar surface area (TPSA) is 117 Å². The highest BCUT2D eigenvalue weighted by molar-refractivity contribution is 7.15. The second kappa shape index (κ2) is 7.20. The summed E-state index contributed by atoms with van der Waals surface area (Å²) in [6, 6.07) is 0. The maximum atomic E-state index is 12.6. The van der Waals surface area contributed by atoms with Crippen LogP contribution in [0.15, 0.2) is 15.9 Å². The number of aryl methyl sites for hydroxylation is 3. The summed E-state index contributed by atoms with van der Waals surface area (Å²) in [6.45, 7) is 1.68. The normalized spacial score (nSPS) is 11.2. The van der Waals surface area contributed by atoms with E-state index < -0.39 is 23.7 Å². The molecular weight excluding hydrogens is 358 g/mol. The van der Waals surface area contributed by atoms with Crippen molar-refractivity contribution in [2.75, 3.05) is 5.32 Å². The van der Waals surface area contributed by atoms with Gasteiger partial charge in [-0.15, -0.1) is 10.2 Å². The number of hydrogen-bond acceptors (Lipinski definition) is 7. The van der Waals surface area contributed by atoms with Crippen LogP contribution in [0.3, 0.4) is 0 Å². The van der Waals surface area contributed by atoms with Crippen LogP contribution in [0.2, 0.25) is 0 Å². The highest BCUT2D eigenvalue weighted by Crippen LogP contribution is 2.17. The zero-order valence-electron chi connectivity index (χ0n) is 14.7. The first kappa shape index (κ1) is 18.0. The third kappa shape index (κ3) is 3.29. The summed E-state index contributed by atoms with van der Waals surface area (Å²) in [6.07, 6.45) is 4.30. The molecule has 1 amide bonds. The first-order valence-electron chi connectivity index (χ1n) is 8.15. The molecule has 0 spiro atoms. The molecule has 3 aromatic rings. The fraction of sp³-hybridized carbons (Fsp3) is 0.467. The second-order valence-corrected chi connectivity index (χ2v) is 6.98. The Labute approximate surface area is 152 Å². The summed E-state index contributed by atoms with van der Waals surface area (Å²) >= 11 is 1.29. The van der Waals surface area contributed by atoms with Crippen LogP contribution in [0.1, 0.15) is 24.8 Å². The molecule has 0 fully saturated rings. The third-order valence-electron chi connectivity index (χ3n) is 3.96. The van der Waals surface area contributed by atoms with Crippen LogP contribution >= 0.6 is 11.3 Å². The molecule has 0 aliphatic carbocycles. The number of fused-ring (bicyclic) bond motifs is 1. The smallest absolute Gasteiger partial charge is 0.328 e. The van der Waals surface area contributed by atoms with Gasteiger partial charge in [-0.3, -0.25) is 19.5 Å². The highest BCUT2D eigenvalue weighted by atomic mass is 32.1. The Kier molecular flexibility index (Phi) is 4.98. The Morgan fingerprint density at radius 3 is 2.77 bits per heavy atom. The maximum absolute atomic E-state index is 12.6. The fourth-order valence-electron chi connectivity index (χ4n) is 2.57. The van der Waals surface area contributed by atoms with E-state index in [4.69, 9.17) is 0 Å². The van der Waals surface area contributed by atoms with Crippen molar-refractivity contribution in [3.8, 4) is 0 Å². The summed E-state index contributed by atoms with van der Waals surface area (Å²) in [5.74, 6) is -0.510. The highest BCUT2D eigenvalue weighted by Gasteiger charge is 2.17. The quantitative estimate of drug-likeness (QED) is 0.659. The van der Waals surface area contributed by atoms with E-state index in [-0.39, 0.29) is 11.2 Å². The summed E-state index contributed by atoms with van der Waals surface area (Å²) in [4.78, 5) is 41.3. The van der Waals surface area contributed by atoms with E-state index in [0.29, 0.717) is 5.13 Å². The number of hydrogen-bond donors (Lipinski definition) is 1. The molecule has 0 saturated carbocycles. The molecule has 0 bridgehead atoms. The van der Waals surface area contributed by atoms with Crippen molar-refractivity contribution in [2.45, 2.75) is 32.7 Å². The Balaban J connectivity index is 1.83. The molecule has 138 valence electrons. The number of rotatable bonds is 6. The molecule has 0 aliphatic rings. The lowest BCUT2D eigenvalue weighted by Crippen LogP contribution is -2.42. The summed E-state index contributed by atoms with van der Waals surface area (Å²) < 4.78 is 3.66. The molecule has 3 heterocycles. The van der Waals surface area contributed by atoms with E-state index in [1.807, 2.05) is 0 Å². The Bertz CT molecular complexity index is 1080. The van der Waals surface area contributed by atoms with E-state index in [2.05, 4.69) is 27.4 Å². The molecule has 3 aromatic heterocycles. The fourth-order valence-corrected chi connectivity index (χ4v) is 3.37. The van der Waals surface area contributed by atoms with Crippen LogP contribution in [0.5, 0.6) is 0 Å². The Hall–Kier alpha value is -2.82. The van der Waals surface area contributed by atoms with Crippen LogP contribution < -0.4 is 16.6 Å². The molecule has 26 heavy (non-hydrogen) atoms. The zero-order valence-corrected chi connectivity index (χ0v) is 15.5. The number of carbonyl (C=O) groups is 1. The number of unbranched alkanes of at least 4 members (excludes halogenated alkanes) is 1. The van der Waals surface area contributed by atoms with Gasteiger partial charge in [0.25, 0.3) is 5.56 Å². The van der Waals surface area contributed by atoms with Gasteiger partial charge in [0.2, 0.25) is 11.0 Å². The number of nitrogens with one attached hydrogen (secondary N) is 1. The van der Waals surface area contributed by atoms with Crippen molar-refractivity contribution in [3.05, 3.63) is 32.2 Å². The van der Waals surface area contributed by atoms with Gasteiger partial charge in [0, 0.05) is 20.5 Å². The van der Waals surface area contributed by atoms with E-state index in [1.165, 1.54) is 33.8 Å². The van der Waals surface area contributed by atoms with Gasteiger partial charge in [0.1, 0.15) is 11.6 Å². The average Bonchev–Trinajstić information content (AvgIpc) is 3.21. The second-order valence-electron chi connectivity index (χ2n) is 5.91.